The third-order valence-corrected chi connectivity index (χ3v) is 5.88. The van der Waals surface area contributed by atoms with Crippen molar-refractivity contribution in [3.8, 4) is 5.75 Å². The highest BCUT2D eigenvalue weighted by Gasteiger charge is 2.22. The summed E-state index contributed by atoms with van der Waals surface area (Å²) in [5.74, 6) is 1.02. The average Bonchev–Trinajstić information content (AvgIpc) is 2.84. The Bertz CT molecular complexity index is 1020. The topological polar surface area (TPSA) is 101 Å². The van der Waals surface area contributed by atoms with Gasteiger partial charge in [0.05, 0.1) is 26.4 Å². The van der Waals surface area contributed by atoms with Crippen LogP contribution < -0.4 is 10.1 Å². The number of amides is 1. The normalized spacial score (nSPS) is 17.5. The zero-order valence-corrected chi connectivity index (χ0v) is 18.8. The van der Waals surface area contributed by atoms with Crippen LogP contribution in [0.4, 0.5) is 5.69 Å². The van der Waals surface area contributed by atoms with Gasteiger partial charge in [0, 0.05) is 42.7 Å². The van der Waals surface area contributed by atoms with Gasteiger partial charge in [-0.05, 0) is 60.9 Å². The molecule has 0 bridgehead atoms. The summed E-state index contributed by atoms with van der Waals surface area (Å²) in [7, 11) is 0. The van der Waals surface area contributed by atoms with Crippen molar-refractivity contribution >= 4 is 23.4 Å². The molecule has 2 aromatic carbocycles. The predicted molar refractivity (Wildman–Crippen MR) is 124 cm³/mol. The number of hydrogen-bond donors (Lipinski definition) is 2. The molecule has 1 unspecified atom stereocenters. The molecule has 4 rings (SSSR count). The summed E-state index contributed by atoms with van der Waals surface area (Å²) in [5, 5.41) is 11.3. The highest BCUT2D eigenvalue weighted by molar-refractivity contribution is 6.05. The van der Waals surface area contributed by atoms with Crippen LogP contribution >= 0.6 is 0 Å². The minimum absolute atomic E-state index is 0.198. The minimum atomic E-state index is -0.281. The molecular formula is C25H29N3O5. The third kappa shape index (κ3) is 5.90. The summed E-state index contributed by atoms with van der Waals surface area (Å²) < 4.78 is 16.2. The van der Waals surface area contributed by atoms with Gasteiger partial charge in [-0.3, -0.25) is 15.0 Å². The van der Waals surface area contributed by atoms with Crippen LogP contribution in [-0.4, -0.2) is 62.1 Å². The molecule has 0 saturated carbocycles. The molecule has 1 atom stereocenters. The number of carbonyl (C=O) groups excluding carboxylic acids is 2. The maximum atomic E-state index is 12.8. The van der Waals surface area contributed by atoms with Gasteiger partial charge >= 0.3 is 5.97 Å². The van der Waals surface area contributed by atoms with Crippen LogP contribution in [0.1, 0.15) is 34.8 Å². The molecule has 1 fully saturated rings. The molecule has 2 aliphatic rings. The highest BCUT2D eigenvalue weighted by atomic mass is 16.5. The molecule has 2 aliphatic heterocycles. The number of rotatable bonds is 6. The number of ether oxygens (including phenoxy) is 3. The maximum absolute atomic E-state index is 12.8. The van der Waals surface area contributed by atoms with Gasteiger partial charge in [-0.25, -0.2) is 0 Å². The van der Waals surface area contributed by atoms with E-state index in [-0.39, 0.29) is 17.8 Å². The van der Waals surface area contributed by atoms with Crippen molar-refractivity contribution in [1.82, 2.24) is 4.90 Å². The molecule has 0 aliphatic carbocycles. The number of anilines is 1. The second kappa shape index (κ2) is 10.5. The molecule has 0 aromatic heterocycles. The first-order valence-corrected chi connectivity index (χ1v) is 11.2. The SMILES string of the molecule is CC(=O)OCCC1COc2ccc(C(=O)Nc3ccc(C(=N)N4CCOCC4)cc3)cc2C1. The van der Waals surface area contributed by atoms with E-state index in [0.29, 0.717) is 56.6 Å². The van der Waals surface area contributed by atoms with Crippen LogP contribution in [0.5, 0.6) is 5.75 Å². The monoisotopic (exact) mass is 451 g/mol. The van der Waals surface area contributed by atoms with Crippen molar-refractivity contribution in [3.63, 3.8) is 0 Å². The van der Waals surface area contributed by atoms with Crippen molar-refractivity contribution in [2.24, 2.45) is 5.92 Å². The summed E-state index contributed by atoms with van der Waals surface area (Å²) >= 11 is 0. The first kappa shape index (κ1) is 22.8. The van der Waals surface area contributed by atoms with E-state index in [1.54, 1.807) is 6.07 Å². The second-order valence-electron chi connectivity index (χ2n) is 8.31. The van der Waals surface area contributed by atoms with Gasteiger partial charge in [-0.15, -0.1) is 0 Å². The van der Waals surface area contributed by atoms with Crippen molar-refractivity contribution in [2.75, 3.05) is 44.8 Å². The number of nitrogens with zero attached hydrogens (tertiary/aromatic N) is 1. The zero-order valence-electron chi connectivity index (χ0n) is 18.8. The van der Waals surface area contributed by atoms with Gasteiger partial charge in [0.2, 0.25) is 0 Å². The molecular weight excluding hydrogens is 422 g/mol. The molecule has 0 radical (unpaired) electrons. The smallest absolute Gasteiger partial charge is 0.302 e. The van der Waals surface area contributed by atoms with E-state index < -0.39 is 0 Å². The maximum Gasteiger partial charge on any atom is 0.302 e. The summed E-state index contributed by atoms with van der Waals surface area (Å²) in [6.07, 6.45) is 1.50. The number of hydrogen-bond acceptors (Lipinski definition) is 6. The van der Waals surface area contributed by atoms with Gasteiger partial charge < -0.3 is 24.4 Å². The Morgan fingerprint density at radius 2 is 1.85 bits per heavy atom. The van der Waals surface area contributed by atoms with Crippen molar-refractivity contribution < 1.29 is 23.8 Å². The van der Waals surface area contributed by atoms with Crippen LogP contribution in [0.25, 0.3) is 0 Å². The Labute approximate surface area is 193 Å². The fraction of sp³-hybridized carbons (Fsp3) is 0.400. The average molecular weight is 452 g/mol. The van der Waals surface area contributed by atoms with E-state index in [4.69, 9.17) is 19.6 Å². The fourth-order valence-corrected chi connectivity index (χ4v) is 4.04. The lowest BCUT2D eigenvalue weighted by atomic mass is 9.93. The Kier molecular flexibility index (Phi) is 7.24. The molecule has 33 heavy (non-hydrogen) atoms. The van der Waals surface area contributed by atoms with E-state index >= 15 is 0 Å². The van der Waals surface area contributed by atoms with Crippen LogP contribution in [0.15, 0.2) is 42.5 Å². The number of morpholine rings is 1. The zero-order chi connectivity index (χ0) is 23.2. The predicted octanol–water partition coefficient (Wildman–Crippen LogP) is 3.10. The van der Waals surface area contributed by atoms with Gasteiger partial charge in [0.15, 0.2) is 0 Å². The first-order valence-electron chi connectivity index (χ1n) is 11.2. The number of amidine groups is 1. The number of fused-ring (bicyclic) bond motifs is 1. The molecule has 1 amide bonds. The molecule has 2 aromatic rings. The van der Waals surface area contributed by atoms with Gasteiger partial charge in [-0.2, -0.15) is 0 Å². The van der Waals surface area contributed by atoms with Gasteiger partial charge in [0.25, 0.3) is 5.91 Å². The molecule has 2 N–H and O–H groups in total. The largest absolute Gasteiger partial charge is 0.493 e. The highest BCUT2D eigenvalue weighted by Crippen LogP contribution is 2.30. The lowest BCUT2D eigenvalue weighted by molar-refractivity contribution is -0.141. The Hall–Kier alpha value is -3.39. The molecule has 2 heterocycles. The van der Waals surface area contributed by atoms with E-state index in [1.165, 1.54) is 6.92 Å². The standard InChI is InChI=1S/C25H29N3O5/c1-17(29)32-11-8-18-14-21-15-20(4-7-23(21)33-16-18)25(30)27-22-5-2-19(3-6-22)24(26)28-9-12-31-13-10-28/h2-7,15,18,26H,8-14,16H2,1H3,(H,27,30). The lowest BCUT2D eigenvalue weighted by Crippen LogP contribution is -2.40. The van der Waals surface area contributed by atoms with Crippen LogP contribution in [0.2, 0.25) is 0 Å². The van der Waals surface area contributed by atoms with Crippen LogP contribution in [0.3, 0.4) is 0 Å². The number of nitrogens with one attached hydrogen (secondary N) is 2. The van der Waals surface area contributed by atoms with E-state index in [0.717, 1.165) is 29.7 Å². The van der Waals surface area contributed by atoms with Crippen molar-refractivity contribution in [1.29, 1.82) is 5.41 Å². The molecule has 1 saturated heterocycles. The van der Waals surface area contributed by atoms with E-state index in [2.05, 4.69) is 5.32 Å². The number of benzene rings is 2. The van der Waals surface area contributed by atoms with Crippen molar-refractivity contribution in [3.05, 3.63) is 59.2 Å². The summed E-state index contributed by atoms with van der Waals surface area (Å²) in [5.41, 5.74) is 3.02. The summed E-state index contributed by atoms with van der Waals surface area (Å²) in [4.78, 5) is 25.8. The van der Waals surface area contributed by atoms with E-state index in [9.17, 15) is 9.59 Å². The van der Waals surface area contributed by atoms with E-state index in [1.807, 2.05) is 41.3 Å². The molecule has 0 spiro atoms. The fourth-order valence-electron chi connectivity index (χ4n) is 4.04. The molecule has 174 valence electrons. The van der Waals surface area contributed by atoms with Crippen molar-refractivity contribution in [2.45, 2.75) is 19.8 Å². The summed E-state index contributed by atoms with van der Waals surface area (Å²) in [6.45, 7) is 5.04. The molecule has 8 heteroatoms. The first-order chi connectivity index (χ1) is 16.0. The number of carbonyl (C=O) groups is 2. The Morgan fingerprint density at radius 1 is 1.12 bits per heavy atom. The number of esters is 1. The Balaban J connectivity index is 1.36. The third-order valence-electron chi connectivity index (χ3n) is 5.88. The minimum Gasteiger partial charge on any atom is -0.493 e. The lowest BCUT2D eigenvalue weighted by Gasteiger charge is -2.29. The van der Waals surface area contributed by atoms with Crippen LogP contribution in [-0.2, 0) is 20.7 Å². The second-order valence-corrected chi connectivity index (χ2v) is 8.31. The molecule has 8 nitrogen and oxygen atoms in total. The summed E-state index contributed by atoms with van der Waals surface area (Å²) in [6, 6.07) is 12.8. The van der Waals surface area contributed by atoms with Crippen LogP contribution in [0, 0.1) is 11.3 Å². The quantitative estimate of drug-likeness (QED) is 0.398. The Morgan fingerprint density at radius 3 is 2.58 bits per heavy atom. The van der Waals surface area contributed by atoms with Gasteiger partial charge in [0.1, 0.15) is 11.6 Å². The van der Waals surface area contributed by atoms with Gasteiger partial charge in [-0.1, -0.05) is 0 Å².